The van der Waals surface area contributed by atoms with Crippen molar-refractivity contribution in [1.82, 2.24) is 24.5 Å². The number of aromatic nitrogens is 5. The van der Waals surface area contributed by atoms with Crippen molar-refractivity contribution in [2.24, 2.45) is 0 Å². The van der Waals surface area contributed by atoms with Gasteiger partial charge in [-0.25, -0.2) is 9.78 Å². The standard InChI is InChI=1S/C17H20N4O6.C9H7N/c1-7-3-9-10(4-8(7)2)21(5-11(23)14(25)12(24)6-22)15-13(18-9)16(26)20-17(27)19-15;1-2-6-9-8(4-1)5-3-7-10-9/h3-4,11-12,14,22-25H,5-6H2,1-2H3,(H,20,26,27);1-7H/t11-,12+,14-;/m0./s1. The fourth-order valence-corrected chi connectivity index (χ4v) is 3.91. The predicted molar refractivity (Wildman–Crippen MR) is 137 cm³/mol. The van der Waals surface area contributed by atoms with Crippen molar-refractivity contribution in [3.05, 3.63) is 86.7 Å². The molecule has 3 aromatic rings. The molecule has 0 saturated heterocycles. The van der Waals surface area contributed by atoms with E-state index in [-0.39, 0.29) is 18.1 Å². The normalized spacial score (nSPS) is 13.8. The number of hydrogen-bond acceptors (Lipinski definition) is 9. The molecular formula is C26H27N5O6. The number of benzene rings is 2. The lowest BCUT2D eigenvalue weighted by molar-refractivity contribution is -0.0802. The number of aryl methyl sites for hydroxylation is 2. The van der Waals surface area contributed by atoms with Crippen molar-refractivity contribution in [3.8, 4) is 11.5 Å². The fourth-order valence-electron chi connectivity index (χ4n) is 3.91. The first kappa shape index (κ1) is 26.0. The highest BCUT2D eigenvalue weighted by molar-refractivity contribution is 5.81. The number of aliphatic hydroxyl groups is 4. The maximum Gasteiger partial charge on any atom is 0.349 e. The second kappa shape index (κ2) is 10.9. The van der Waals surface area contributed by atoms with E-state index in [4.69, 9.17) is 5.11 Å². The summed E-state index contributed by atoms with van der Waals surface area (Å²) in [4.78, 5) is 38.2. The summed E-state index contributed by atoms with van der Waals surface area (Å²) in [5, 5.41) is 40.0. The molecule has 11 heteroatoms. The second-order valence-electron chi connectivity index (χ2n) is 8.69. The summed E-state index contributed by atoms with van der Waals surface area (Å²) in [5.41, 5.74) is 2.17. The molecule has 192 valence electrons. The first-order valence-corrected chi connectivity index (χ1v) is 11.6. The Morgan fingerprint density at radius 1 is 0.919 bits per heavy atom. The van der Waals surface area contributed by atoms with Gasteiger partial charge in [-0.2, -0.15) is 4.98 Å². The third-order valence-electron chi connectivity index (χ3n) is 6.08. The van der Waals surface area contributed by atoms with Crippen LogP contribution in [-0.2, 0) is 6.54 Å². The molecule has 5 rings (SSSR count). The lowest BCUT2D eigenvalue weighted by Crippen LogP contribution is -2.42. The van der Waals surface area contributed by atoms with E-state index in [0.717, 1.165) is 16.6 Å². The van der Waals surface area contributed by atoms with Crippen LogP contribution >= 0.6 is 0 Å². The minimum Gasteiger partial charge on any atom is -0.394 e. The van der Waals surface area contributed by atoms with Gasteiger partial charge in [-0.05, 0) is 49.2 Å². The molecule has 5 N–H and O–H groups in total. The first-order valence-electron chi connectivity index (χ1n) is 11.6. The van der Waals surface area contributed by atoms with Crippen molar-refractivity contribution in [1.29, 1.82) is 0 Å². The van der Waals surface area contributed by atoms with E-state index in [0.29, 0.717) is 11.0 Å². The number of rotatable bonds is 5. The SMILES string of the molecule is Cc1cc2nc3c(=O)[nH]c(=O)nc-3n(C[C@H](O)[C@H](O)[C@H](O)CO)c2cc1C.c1ccc2ncccc2c1. The van der Waals surface area contributed by atoms with Gasteiger partial charge in [-0.1, -0.05) is 24.3 Å². The van der Waals surface area contributed by atoms with Gasteiger partial charge < -0.3 is 25.0 Å². The molecular weight excluding hydrogens is 478 g/mol. The Morgan fingerprint density at radius 3 is 2.35 bits per heavy atom. The second-order valence-corrected chi connectivity index (χ2v) is 8.69. The molecule has 0 radical (unpaired) electrons. The quantitative estimate of drug-likeness (QED) is 0.213. The van der Waals surface area contributed by atoms with E-state index in [9.17, 15) is 24.9 Å². The zero-order chi connectivity index (χ0) is 26.7. The number of pyridine rings is 1. The van der Waals surface area contributed by atoms with Gasteiger partial charge in [-0.15, -0.1) is 0 Å². The maximum atomic E-state index is 12.2. The van der Waals surface area contributed by atoms with Crippen molar-refractivity contribution in [2.75, 3.05) is 6.61 Å². The zero-order valence-electron chi connectivity index (χ0n) is 20.2. The molecule has 3 atom stereocenters. The molecule has 0 aliphatic carbocycles. The number of aliphatic hydroxyl groups excluding tert-OH is 4. The van der Waals surface area contributed by atoms with Crippen LogP contribution in [0.3, 0.4) is 0 Å². The summed E-state index contributed by atoms with van der Waals surface area (Å²) in [5.74, 6) is -0.0516. The molecule has 0 fully saturated rings. The molecule has 2 aliphatic rings. The number of para-hydroxylation sites is 1. The number of H-pyrrole nitrogens is 1. The van der Waals surface area contributed by atoms with E-state index in [1.165, 1.54) is 9.95 Å². The van der Waals surface area contributed by atoms with Crippen LogP contribution in [-0.4, -0.2) is 69.8 Å². The first-order chi connectivity index (χ1) is 17.7. The molecule has 2 aromatic carbocycles. The third kappa shape index (κ3) is 5.54. The minimum atomic E-state index is -1.64. The number of fused-ring (bicyclic) bond motifs is 3. The Bertz CT molecular complexity index is 1570. The summed E-state index contributed by atoms with van der Waals surface area (Å²) >= 11 is 0. The van der Waals surface area contributed by atoms with Crippen LogP contribution in [0.4, 0.5) is 0 Å². The van der Waals surface area contributed by atoms with Crippen LogP contribution in [0.25, 0.3) is 33.5 Å². The molecule has 0 saturated carbocycles. The van der Waals surface area contributed by atoms with Crippen LogP contribution in [0.15, 0.2) is 64.3 Å². The molecule has 0 bridgehead atoms. The molecule has 0 spiro atoms. The molecule has 0 amide bonds. The van der Waals surface area contributed by atoms with Gasteiger partial charge in [0.05, 0.1) is 29.7 Å². The van der Waals surface area contributed by atoms with Crippen LogP contribution in [0, 0.1) is 13.8 Å². The molecule has 37 heavy (non-hydrogen) atoms. The summed E-state index contributed by atoms with van der Waals surface area (Å²) in [6, 6.07) is 15.6. The van der Waals surface area contributed by atoms with Crippen molar-refractivity contribution >= 4 is 21.9 Å². The molecule has 2 aliphatic heterocycles. The molecule has 3 heterocycles. The largest absolute Gasteiger partial charge is 0.394 e. The summed E-state index contributed by atoms with van der Waals surface area (Å²) in [7, 11) is 0. The predicted octanol–water partition coefficient (Wildman–Crippen LogP) is 0.511. The Hall–Kier alpha value is -4.03. The van der Waals surface area contributed by atoms with Gasteiger partial charge in [0.15, 0.2) is 11.5 Å². The van der Waals surface area contributed by atoms with Gasteiger partial charge in [0.25, 0.3) is 5.56 Å². The van der Waals surface area contributed by atoms with Gasteiger partial charge in [0.2, 0.25) is 0 Å². The Morgan fingerprint density at radius 2 is 1.62 bits per heavy atom. The van der Waals surface area contributed by atoms with E-state index < -0.39 is 36.2 Å². The van der Waals surface area contributed by atoms with Gasteiger partial charge in [-0.3, -0.25) is 14.8 Å². The van der Waals surface area contributed by atoms with E-state index in [1.807, 2.05) is 44.3 Å². The van der Waals surface area contributed by atoms with E-state index >= 15 is 0 Å². The third-order valence-corrected chi connectivity index (χ3v) is 6.08. The Kier molecular flexibility index (Phi) is 7.69. The Balaban J connectivity index is 0.000000265. The van der Waals surface area contributed by atoms with Crippen LogP contribution < -0.4 is 11.2 Å². The minimum absolute atomic E-state index is 0.0516. The van der Waals surface area contributed by atoms with Gasteiger partial charge in [0.1, 0.15) is 18.3 Å². The average molecular weight is 506 g/mol. The number of hydrogen-bond donors (Lipinski definition) is 5. The summed E-state index contributed by atoms with van der Waals surface area (Å²) in [6.45, 7) is 2.73. The lowest BCUT2D eigenvalue weighted by Gasteiger charge is -2.25. The van der Waals surface area contributed by atoms with Crippen LogP contribution in [0.5, 0.6) is 0 Å². The van der Waals surface area contributed by atoms with E-state index in [1.54, 1.807) is 12.1 Å². The lowest BCUT2D eigenvalue weighted by atomic mass is 10.1. The highest BCUT2D eigenvalue weighted by Crippen LogP contribution is 2.24. The average Bonchev–Trinajstić information content (AvgIpc) is 2.89. The van der Waals surface area contributed by atoms with Gasteiger partial charge >= 0.3 is 5.69 Å². The number of nitrogens with one attached hydrogen (secondary N) is 1. The van der Waals surface area contributed by atoms with Gasteiger partial charge in [0, 0.05) is 11.6 Å². The topological polar surface area (TPSA) is 174 Å². The monoisotopic (exact) mass is 505 g/mol. The van der Waals surface area contributed by atoms with Crippen molar-refractivity contribution < 1.29 is 20.4 Å². The number of aromatic amines is 1. The zero-order valence-corrected chi connectivity index (χ0v) is 20.2. The fraction of sp³-hybridized carbons (Fsp3) is 0.269. The van der Waals surface area contributed by atoms with E-state index in [2.05, 4.69) is 32.1 Å². The smallest absolute Gasteiger partial charge is 0.349 e. The molecule has 0 unspecified atom stereocenters. The highest BCUT2D eigenvalue weighted by atomic mass is 16.4. The van der Waals surface area contributed by atoms with Crippen molar-refractivity contribution in [2.45, 2.75) is 38.7 Å². The maximum absolute atomic E-state index is 12.2. The van der Waals surface area contributed by atoms with Crippen molar-refractivity contribution in [3.63, 3.8) is 0 Å². The summed E-state index contributed by atoms with van der Waals surface area (Å²) < 4.78 is 1.40. The van der Waals surface area contributed by atoms with Crippen LogP contribution in [0.2, 0.25) is 0 Å². The molecule has 11 nitrogen and oxygen atoms in total. The summed E-state index contributed by atoms with van der Waals surface area (Å²) in [6.07, 6.45) is -2.87. The molecule has 1 aromatic heterocycles. The highest BCUT2D eigenvalue weighted by Gasteiger charge is 2.27. The number of nitrogens with zero attached hydrogens (tertiary/aromatic N) is 4. The Labute approximate surface area is 210 Å². The van der Waals surface area contributed by atoms with Crippen LogP contribution in [0.1, 0.15) is 11.1 Å².